The standard InChI is InChI=1S/C25H27N3O3/c1-16-5-9-18(10-6-16)22-20-21(25(30)26-22)23(27-24(20)29)19-11-7-17(8-12-19)15-31-14-4-13-28(2)3/h5-12,27,29H,4,13-15H2,1-3H3. The van der Waals surface area contributed by atoms with Crippen molar-refractivity contribution in [2.75, 3.05) is 27.2 Å². The lowest BCUT2D eigenvalue weighted by molar-refractivity contribution is 0.101. The lowest BCUT2D eigenvalue weighted by Gasteiger charge is -2.09. The number of aryl methyl sites for hydroxylation is 1. The van der Waals surface area contributed by atoms with Crippen LogP contribution in [0.2, 0.25) is 0 Å². The van der Waals surface area contributed by atoms with Gasteiger partial charge in [-0.2, -0.15) is 0 Å². The molecule has 6 heteroatoms. The first kappa shape index (κ1) is 21.0. The number of ether oxygens (including phenoxy) is 1. The number of carbonyl (C=O) groups is 1. The maximum Gasteiger partial charge on any atom is 0.280 e. The zero-order chi connectivity index (χ0) is 22.0. The zero-order valence-electron chi connectivity index (χ0n) is 18.1. The first-order chi connectivity index (χ1) is 14.9. The maximum atomic E-state index is 12.7. The Morgan fingerprint density at radius 3 is 2.35 bits per heavy atom. The number of nitrogens with one attached hydrogen (secondary N) is 1. The average molecular weight is 418 g/mol. The van der Waals surface area contributed by atoms with E-state index >= 15 is 0 Å². The molecule has 3 aromatic rings. The van der Waals surface area contributed by atoms with Crippen LogP contribution >= 0.6 is 0 Å². The molecule has 1 aliphatic heterocycles. The summed E-state index contributed by atoms with van der Waals surface area (Å²) in [5, 5.41) is 10.6. The van der Waals surface area contributed by atoms with Crippen LogP contribution in [0.3, 0.4) is 0 Å². The minimum absolute atomic E-state index is 0.0384. The molecule has 1 amide bonds. The molecule has 0 fully saturated rings. The molecular formula is C25H27N3O3. The van der Waals surface area contributed by atoms with Gasteiger partial charge in [0.05, 0.1) is 29.1 Å². The summed E-state index contributed by atoms with van der Waals surface area (Å²) in [6, 6.07) is 15.6. The lowest BCUT2D eigenvalue weighted by Crippen LogP contribution is -2.14. The van der Waals surface area contributed by atoms with Gasteiger partial charge in [0.1, 0.15) is 0 Å². The van der Waals surface area contributed by atoms with E-state index in [9.17, 15) is 9.90 Å². The number of hydrogen-bond acceptors (Lipinski definition) is 4. The predicted octanol–water partition coefficient (Wildman–Crippen LogP) is 4.16. The summed E-state index contributed by atoms with van der Waals surface area (Å²) in [5.41, 5.74) is 5.78. The summed E-state index contributed by atoms with van der Waals surface area (Å²) < 4.78 is 5.74. The largest absolute Gasteiger partial charge is 0.494 e. The minimum atomic E-state index is -0.342. The summed E-state index contributed by atoms with van der Waals surface area (Å²) in [7, 11) is 4.10. The number of fused-ring (bicyclic) bond motifs is 1. The molecule has 4 rings (SSSR count). The van der Waals surface area contributed by atoms with Crippen molar-refractivity contribution in [3.05, 3.63) is 76.3 Å². The molecule has 0 radical (unpaired) electrons. The minimum Gasteiger partial charge on any atom is -0.494 e. The molecular weight excluding hydrogens is 390 g/mol. The van der Waals surface area contributed by atoms with E-state index in [4.69, 9.17) is 4.74 Å². The molecule has 2 aromatic carbocycles. The van der Waals surface area contributed by atoms with Crippen molar-refractivity contribution in [1.29, 1.82) is 0 Å². The predicted molar refractivity (Wildman–Crippen MR) is 122 cm³/mol. The SMILES string of the molecule is Cc1ccc(C2=NC(=O)c3c(-c4ccc(COCCCN(C)C)cc4)[nH]c(O)c32)cc1. The van der Waals surface area contributed by atoms with Crippen molar-refractivity contribution in [2.45, 2.75) is 20.0 Å². The number of H-pyrrole nitrogens is 1. The second kappa shape index (κ2) is 8.88. The van der Waals surface area contributed by atoms with Gasteiger partial charge in [0, 0.05) is 12.2 Å². The number of aromatic nitrogens is 1. The summed E-state index contributed by atoms with van der Waals surface area (Å²) in [6.45, 7) is 4.26. The van der Waals surface area contributed by atoms with Crippen LogP contribution in [0.15, 0.2) is 53.5 Å². The average Bonchev–Trinajstić information content (AvgIpc) is 3.27. The Labute approximate surface area is 182 Å². The smallest absolute Gasteiger partial charge is 0.280 e. The summed E-state index contributed by atoms with van der Waals surface area (Å²) >= 11 is 0. The van der Waals surface area contributed by atoms with Crippen LogP contribution < -0.4 is 0 Å². The molecule has 160 valence electrons. The van der Waals surface area contributed by atoms with Crippen LogP contribution in [0.1, 0.15) is 39.0 Å². The van der Waals surface area contributed by atoms with Crippen molar-refractivity contribution in [3.8, 4) is 17.1 Å². The Morgan fingerprint density at radius 2 is 1.68 bits per heavy atom. The molecule has 1 aromatic heterocycles. The number of aromatic hydroxyl groups is 1. The normalized spacial score (nSPS) is 13.0. The van der Waals surface area contributed by atoms with Crippen molar-refractivity contribution in [1.82, 2.24) is 9.88 Å². The van der Waals surface area contributed by atoms with Gasteiger partial charge in [-0.15, -0.1) is 0 Å². The van der Waals surface area contributed by atoms with Gasteiger partial charge in [-0.1, -0.05) is 54.1 Å². The molecule has 1 aliphatic rings. The molecule has 0 unspecified atom stereocenters. The van der Waals surface area contributed by atoms with Crippen LogP contribution in [-0.4, -0.2) is 53.9 Å². The van der Waals surface area contributed by atoms with E-state index in [0.717, 1.165) is 35.2 Å². The number of amides is 1. The number of aliphatic imine (C=N–C) groups is 1. The van der Waals surface area contributed by atoms with E-state index in [1.54, 1.807) is 0 Å². The highest BCUT2D eigenvalue weighted by Gasteiger charge is 2.33. The van der Waals surface area contributed by atoms with Crippen LogP contribution in [0.5, 0.6) is 5.88 Å². The third-order valence-electron chi connectivity index (χ3n) is 5.37. The topological polar surface area (TPSA) is 77.9 Å². The fourth-order valence-corrected chi connectivity index (χ4v) is 3.72. The molecule has 0 saturated carbocycles. The van der Waals surface area contributed by atoms with Gasteiger partial charge in [-0.25, -0.2) is 4.99 Å². The van der Waals surface area contributed by atoms with E-state index in [1.165, 1.54) is 0 Å². The van der Waals surface area contributed by atoms with Crippen molar-refractivity contribution in [2.24, 2.45) is 4.99 Å². The number of rotatable bonds is 8. The first-order valence-electron chi connectivity index (χ1n) is 10.4. The first-order valence-corrected chi connectivity index (χ1v) is 10.4. The van der Waals surface area contributed by atoms with Gasteiger partial charge in [-0.05, 0) is 45.1 Å². The molecule has 6 nitrogen and oxygen atoms in total. The molecule has 0 aliphatic carbocycles. The third kappa shape index (κ3) is 4.45. The number of carbonyl (C=O) groups excluding carboxylic acids is 1. The third-order valence-corrected chi connectivity index (χ3v) is 5.37. The Kier molecular flexibility index (Phi) is 6.02. The Morgan fingerprint density at radius 1 is 1.00 bits per heavy atom. The second-order valence-corrected chi connectivity index (χ2v) is 8.14. The number of aromatic amines is 1. The number of nitrogens with zero attached hydrogens (tertiary/aromatic N) is 2. The van der Waals surface area contributed by atoms with E-state index in [2.05, 4.69) is 14.9 Å². The quantitative estimate of drug-likeness (QED) is 0.540. The van der Waals surface area contributed by atoms with Crippen LogP contribution in [0.4, 0.5) is 0 Å². The molecule has 0 bridgehead atoms. The van der Waals surface area contributed by atoms with Crippen molar-refractivity contribution < 1.29 is 14.6 Å². The van der Waals surface area contributed by atoms with Crippen molar-refractivity contribution in [3.63, 3.8) is 0 Å². The lowest BCUT2D eigenvalue weighted by atomic mass is 9.99. The van der Waals surface area contributed by atoms with Gasteiger partial charge in [0.2, 0.25) is 0 Å². The highest BCUT2D eigenvalue weighted by atomic mass is 16.5. The summed E-state index contributed by atoms with van der Waals surface area (Å²) in [6.07, 6.45) is 0.990. The zero-order valence-corrected chi connectivity index (χ0v) is 18.1. The molecule has 0 saturated heterocycles. The van der Waals surface area contributed by atoms with Crippen molar-refractivity contribution >= 4 is 11.6 Å². The highest BCUT2D eigenvalue weighted by molar-refractivity contribution is 6.30. The second-order valence-electron chi connectivity index (χ2n) is 8.14. The monoisotopic (exact) mass is 417 g/mol. The van der Waals surface area contributed by atoms with E-state index in [1.807, 2.05) is 69.6 Å². The summed E-state index contributed by atoms with van der Waals surface area (Å²) in [4.78, 5) is 22.0. The number of hydrogen-bond donors (Lipinski definition) is 2. The Hall–Kier alpha value is -3.22. The number of benzene rings is 2. The Bertz CT molecular complexity index is 1110. The van der Waals surface area contributed by atoms with Gasteiger partial charge in [0.15, 0.2) is 5.88 Å². The van der Waals surface area contributed by atoms with Crippen LogP contribution in [-0.2, 0) is 11.3 Å². The highest BCUT2D eigenvalue weighted by Crippen LogP contribution is 2.38. The molecule has 2 N–H and O–H groups in total. The van der Waals surface area contributed by atoms with Crippen LogP contribution in [0, 0.1) is 6.92 Å². The molecule has 31 heavy (non-hydrogen) atoms. The van der Waals surface area contributed by atoms with Crippen LogP contribution in [0.25, 0.3) is 11.3 Å². The molecule has 0 atom stereocenters. The van der Waals surface area contributed by atoms with E-state index < -0.39 is 0 Å². The van der Waals surface area contributed by atoms with E-state index in [-0.39, 0.29) is 11.8 Å². The fraction of sp³-hybridized carbons (Fsp3) is 0.280. The Balaban J connectivity index is 1.52. The fourth-order valence-electron chi connectivity index (χ4n) is 3.72. The van der Waals surface area contributed by atoms with Gasteiger partial charge in [0.25, 0.3) is 5.91 Å². The van der Waals surface area contributed by atoms with Gasteiger partial charge in [-0.3, -0.25) is 4.79 Å². The van der Waals surface area contributed by atoms with E-state index in [0.29, 0.717) is 35.7 Å². The maximum absolute atomic E-state index is 12.7. The van der Waals surface area contributed by atoms with Gasteiger partial charge < -0.3 is 19.7 Å². The molecule has 2 heterocycles. The summed E-state index contributed by atoms with van der Waals surface area (Å²) in [5.74, 6) is -0.381. The van der Waals surface area contributed by atoms with Gasteiger partial charge >= 0.3 is 0 Å². The molecule has 0 spiro atoms.